The molecule has 0 heterocycles. The minimum Gasteiger partial charge on any atom is -0.324 e. The number of hydrogen-bond acceptors (Lipinski definition) is 6. The van der Waals surface area contributed by atoms with Crippen molar-refractivity contribution < 1.29 is 46.9 Å². The summed E-state index contributed by atoms with van der Waals surface area (Å²) in [6.07, 6.45) is -5.79. The monoisotopic (exact) mass is 314 g/mol. The van der Waals surface area contributed by atoms with E-state index in [-0.39, 0.29) is 13.0 Å². The average Bonchev–Trinajstić information content (AvgIpc) is 2.25. The lowest BCUT2D eigenvalue weighted by Crippen LogP contribution is -2.23. The zero-order chi connectivity index (χ0) is 14.2. The number of ether oxygens (including phenoxy) is 1. The third-order valence-electron chi connectivity index (χ3n) is 1.59. The minimum absolute atomic E-state index is 0.0503. The SMILES string of the molecule is O=[PH](OO)OCCCOC(F)(F)CCP(=O)(O)O. The Hall–Kier alpha value is 0.0800. The van der Waals surface area contributed by atoms with E-state index in [1.165, 1.54) is 0 Å². The van der Waals surface area contributed by atoms with Crippen molar-refractivity contribution in [1.82, 2.24) is 0 Å². The molecule has 3 N–H and O–H groups in total. The summed E-state index contributed by atoms with van der Waals surface area (Å²) in [7, 11) is -7.50. The Morgan fingerprint density at radius 3 is 2.39 bits per heavy atom. The Morgan fingerprint density at radius 2 is 1.89 bits per heavy atom. The maximum atomic E-state index is 12.9. The van der Waals surface area contributed by atoms with E-state index in [1.807, 2.05) is 0 Å². The van der Waals surface area contributed by atoms with Crippen LogP contribution in [-0.2, 0) is 23.1 Å². The number of alkyl halides is 2. The first-order chi connectivity index (χ1) is 8.16. The van der Waals surface area contributed by atoms with Crippen LogP contribution >= 0.6 is 15.9 Å². The Bertz CT molecular complexity index is 306. The predicted molar refractivity (Wildman–Crippen MR) is 55.7 cm³/mol. The van der Waals surface area contributed by atoms with Crippen molar-refractivity contribution in [2.45, 2.75) is 19.0 Å². The molecule has 0 aliphatic carbocycles. The molecule has 0 bridgehead atoms. The summed E-state index contributed by atoms with van der Waals surface area (Å²) < 4.78 is 58.3. The molecule has 1 unspecified atom stereocenters. The molecule has 0 amide bonds. The first kappa shape index (κ1) is 18.1. The fourth-order valence-electron chi connectivity index (χ4n) is 0.810. The predicted octanol–water partition coefficient (Wildman–Crippen LogP) is 1.45. The van der Waals surface area contributed by atoms with Crippen LogP contribution in [0.4, 0.5) is 8.78 Å². The maximum absolute atomic E-state index is 12.9. The van der Waals surface area contributed by atoms with Crippen LogP contribution in [0, 0.1) is 0 Å². The average molecular weight is 314 g/mol. The quantitative estimate of drug-likeness (QED) is 0.240. The third-order valence-corrected chi connectivity index (χ3v) is 2.99. The van der Waals surface area contributed by atoms with Gasteiger partial charge in [0.05, 0.1) is 25.8 Å². The Labute approximate surface area is 102 Å². The summed E-state index contributed by atoms with van der Waals surface area (Å²) in [4.78, 5) is 16.8. The molecule has 0 saturated heterocycles. The topological polar surface area (TPSA) is 123 Å². The fraction of sp³-hybridized carbons (Fsp3) is 1.00. The fourth-order valence-corrected chi connectivity index (χ4v) is 1.73. The van der Waals surface area contributed by atoms with Gasteiger partial charge in [-0.25, -0.2) is 5.26 Å². The molecule has 1 atom stereocenters. The van der Waals surface area contributed by atoms with E-state index >= 15 is 0 Å². The van der Waals surface area contributed by atoms with Crippen molar-refractivity contribution >= 4 is 15.9 Å². The molecule has 0 aliphatic rings. The summed E-state index contributed by atoms with van der Waals surface area (Å²) in [5, 5.41) is 7.85. The van der Waals surface area contributed by atoms with Crippen LogP contribution in [0.1, 0.15) is 12.8 Å². The molecule has 8 nitrogen and oxygen atoms in total. The normalized spacial score (nSPS) is 14.7. The zero-order valence-electron chi connectivity index (χ0n) is 9.12. The highest BCUT2D eigenvalue weighted by atomic mass is 31.2. The molecule has 0 aliphatic heterocycles. The summed E-state index contributed by atoms with van der Waals surface area (Å²) in [5.41, 5.74) is 0. The van der Waals surface area contributed by atoms with Gasteiger partial charge in [-0.15, -0.1) is 0 Å². The molecule has 110 valence electrons. The highest BCUT2D eigenvalue weighted by Crippen LogP contribution is 2.38. The van der Waals surface area contributed by atoms with Crippen LogP contribution < -0.4 is 0 Å². The van der Waals surface area contributed by atoms with E-state index in [9.17, 15) is 17.9 Å². The van der Waals surface area contributed by atoms with Gasteiger partial charge >= 0.3 is 22.0 Å². The van der Waals surface area contributed by atoms with Gasteiger partial charge in [-0.3, -0.25) is 9.13 Å². The zero-order valence-corrected chi connectivity index (χ0v) is 11.0. The standard InChI is InChI=1S/C6H14F2O8P2/c7-6(8,2-5-18(11,12)13)14-3-1-4-15-17(10)16-9/h9,17H,1-5H2,(H2,11,12,13). The van der Waals surface area contributed by atoms with Crippen molar-refractivity contribution in [1.29, 1.82) is 0 Å². The number of hydrogen-bond donors (Lipinski definition) is 3. The third kappa shape index (κ3) is 11.2. The first-order valence-corrected chi connectivity index (χ1v) is 7.73. The largest absolute Gasteiger partial charge is 0.356 e. The van der Waals surface area contributed by atoms with Crippen LogP contribution in [0.2, 0.25) is 0 Å². The summed E-state index contributed by atoms with van der Waals surface area (Å²) in [6, 6.07) is 0. The van der Waals surface area contributed by atoms with Gasteiger partial charge in [-0.05, 0) is 6.42 Å². The molecule has 18 heavy (non-hydrogen) atoms. The molecular formula is C6H14F2O8P2. The second-order valence-corrected chi connectivity index (χ2v) is 5.92. The maximum Gasteiger partial charge on any atom is 0.356 e. The molecule has 0 saturated carbocycles. The van der Waals surface area contributed by atoms with Crippen molar-refractivity contribution in [3.63, 3.8) is 0 Å². The second-order valence-electron chi connectivity index (χ2n) is 3.17. The van der Waals surface area contributed by atoms with E-state index in [0.717, 1.165) is 0 Å². The molecule has 0 aromatic carbocycles. The van der Waals surface area contributed by atoms with Crippen molar-refractivity contribution in [3.05, 3.63) is 0 Å². The molecule has 0 aromatic rings. The number of rotatable bonds is 10. The van der Waals surface area contributed by atoms with Gasteiger partial charge in [0.1, 0.15) is 0 Å². The molecular weight excluding hydrogens is 300 g/mol. The van der Waals surface area contributed by atoms with E-state index in [2.05, 4.69) is 13.9 Å². The summed E-state index contributed by atoms with van der Waals surface area (Å²) >= 11 is 0. The molecule has 0 rings (SSSR count). The van der Waals surface area contributed by atoms with Crippen LogP contribution in [0.15, 0.2) is 0 Å². The van der Waals surface area contributed by atoms with E-state index < -0.39 is 41.1 Å². The van der Waals surface area contributed by atoms with E-state index in [4.69, 9.17) is 15.0 Å². The van der Waals surface area contributed by atoms with Gasteiger partial charge in [0.15, 0.2) is 0 Å². The van der Waals surface area contributed by atoms with Crippen LogP contribution in [0.3, 0.4) is 0 Å². The minimum atomic E-state index is -4.49. The molecule has 0 spiro atoms. The Balaban J connectivity index is 3.70. The van der Waals surface area contributed by atoms with Crippen molar-refractivity contribution in [2.75, 3.05) is 19.4 Å². The lowest BCUT2D eigenvalue weighted by Gasteiger charge is -2.16. The molecule has 12 heteroatoms. The summed E-state index contributed by atoms with van der Waals surface area (Å²) in [6.45, 7) is -0.693. The lowest BCUT2D eigenvalue weighted by atomic mass is 10.4. The van der Waals surface area contributed by atoms with Gasteiger partial charge in [0.25, 0.3) is 0 Å². The second kappa shape index (κ2) is 8.29. The van der Waals surface area contributed by atoms with Gasteiger partial charge in [-0.1, -0.05) is 0 Å². The lowest BCUT2D eigenvalue weighted by molar-refractivity contribution is -0.240. The van der Waals surface area contributed by atoms with E-state index in [1.54, 1.807) is 0 Å². The smallest absolute Gasteiger partial charge is 0.324 e. The molecule has 0 fully saturated rings. The molecule has 0 aromatic heterocycles. The van der Waals surface area contributed by atoms with E-state index in [0.29, 0.717) is 0 Å². The Kier molecular flexibility index (Phi) is 8.33. The summed E-state index contributed by atoms with van der Waals surface area (Å²) in [5.74, 6) is 0. The van der Waals surface area contributed by atoms with Crippen LogP contribution in [0.5, 0.6) is 0 Å². The van der Waals surface area contributed by atoms with Crippen molar-refractivity contribution in [2.24, 2.45) is 0 Å². The van der Waals surface area contributed by atoms with Crippen molar-refractivity contribution in [3.8, 4) is 0 Å². The van der Waals surface area contributed by atoms with Gasteiger partial charge in [0.2, 0.25) is 0 Å². The van der Waals surface area contributed by atoms with Gasteiger partial charge in [0, 0.05) is 0 Å². The first-order valence-electron chi connectivity index (χ1n) is 4.71. The number of halogens is 2. The molecule has 0 radical (unpaired) electrons. The van der Waals surface area contributed by atoms with Crippen LogP contribution in [0.25, 0.3) is 0 Å². The highest BCUT2D eigenvalue weighted by Gasteiger charge is 2.32. The van der Waals surface area contributed by atoms with Gasteiger partial charge < -0.3 is 19.0 Å². The van der Waals surface area contributed by atoms with Gasteiger partial charge in [-0.2, -0.15) is 13.5 Å². The highest BCUT2D eigenvalue weighted by molar-refractivity contribution is 7.51. The Morgan fingerprint density at radius 1 is 1.28 bits per heavy atom. The van der Waals surface area contributed by atoms with Crippen LogP contribution in [-0.4, -0.2) is 40.5 Å².